The van der Waals surface area contributed by atoms with Gasteiger partial charge in [-0.2, -0.15) is 4.98 Å². The van der Waals surface area contributed by atoms with E-state index in [0.717, 1.165) is 53.0 Å². The molecule has 0 N–H and O–H groups in total. The molecule has 2 fully saturated rings. The number of benzene rings is 3. The highest BCUT2D eigenvalue weighted by atomic mass is 16.5. The summed E-state index contributed by atoms with van der Waals surface area (Å²) in [5.74, 6) is 2.44. The summed E-state index contributed by atoms with van der Waals surface area (Å²) in [4.78, 5) is 19.4. The number of oxazole rings is 1. The number of carbonyl (C=O) groups is 1. The van der Waals surface area contributed by atoms with Crippen LogP contribution in [-0.2, 0) is 17.8 Å². The number of para-hydroxylation sites is 2. The van der Waals surface area contributed by atoms with Crippen LogP contribution in [0.5, 0.6) is 11.5 Å². The summed E-state index contributed by atoms with van der Waals surface area (Å²) in [5.41, 5.74) is 3.23. The van der Waals surface area contributed by atoms with Crippen LogP contribution in [0.25, 0.3) is 11.1 Å². The van der Waals surface area contributed by atoms with Crippen molar-refractivity contribution in [2.75, 3.05) is 18.6 Å². The smallest absolute Gasteiger partial charge is 0.298 e. The zero-order chi connectivity index (χ0) is 24.7. The lowest BCUT2D eigenvalue weighted by molar-refractivity contribution is -0.183. The number of hydrogen-bond acceptors (Lipinski definition) is 6. The van der Waals surface area contributed by atoms with Crippen molar-refractivity contribution in [2.24, 2.45) is 11.8 Å². The van der Waals surface area contributed by atoms with Crippen LogP contribution in [0.15, 0.2) is 77.2 Å². The molecule has 3 atom stereocenters. The summed E-state index contributed by atoms with van der Waals surface area (Å²) in [6, 6.07) is 24.6. The molecular weight excluding hydrogens is 452 g/mol. The topological polar surface area (TPSA) is 64.8 Å². The Bertz CT molecular complexity index is 1360. The lowest BCUT2D eigenvalue weighted by Crippen LogP contribution is -2.69. The minimum Gasteiger partial charge on any atom is -0.497 e. The molecule has 2 aliphatic rings. The normalized spacial score (nSPS) is 22.4. The lowest BCUT2D eigenvalue weighted by Gasteiger charge is -2.57. The number of ether oxygens (including phenoxy) is 2. The number of hydrogen-bond donors (Lipinski definition) is 0. The molecule has 0 spiro atoms. The van der Waals surface area contributed by atoms with Crippen LogP contribution in [0.2, 0.25) is 0 Å². The van der Waals surface area contributed by atoms with Gasteiger partial charge in [-0.1, -0.05) is 36.4 Å². The van der Waals surface area contributed by atoms with Gasteiger partial charge in [-0.15, -0.1) is 0 Å². The molecule has 6 heteroatoms. The third-order valence-electron chi connectivity index (χ3n) is 7.79. The predicted molar refractivity (Wildman–Crippen MR) is 138 cm³/mol. The highest BCUT2D eigenvalue weighted by Crippen LogP contribution is 2.55. The number of carbonyl (C=O) groups excluding carboxylic acids is 1. The van der Waals surface area contributed by atoms with Crippen LogP contribution < -0.4 is 14.4 Å². The maximum atomic E-state index is 12.5. The van der Waals surface area contributed by atoms with Gasteiger partial charge in [-0.25, -0.2) is 0 Å². The van der Waals surface area contributed by atoms with Crippen molar-refractivity contribution in [2.45, 2.75) is 38.3 Å². The Balaban J connectivity index is 1.20. The Morgan fingerprint density at radius 2 is 1.83 bits per heavy atom. The van der Waals surface area contributed by atoms with E-state index < -0.39 is 5.60 Å². The molecule has 0 aliphatic heterocycles. The molecule has 3 aromatic carbocycles. The van der Waals surface area contributed by atoms with Crippen molar-refractivity contribution in [3.63, 3.8) is 0 Å². The first-order valence-electron chi connectivity index (χ1n) is 12.6. The third kappa shape index (κ3) is 4.00. The zero-order valence-electron chi connectivity index (χ0n) is 20.6. The number of anilines is 1. The molecule has 0 amide bonds. The highest BCUT2D eigenvalue weighted by molar-refractivity contribution is 5.97. The van der Waals surface area contributed by atoms with Gasteiger partial charge in [-0.3, -0.25) is 4.79 Å². The van der Waals surface area contributed by atoms with E-state index in [1.165, 1.54) is 0 Å². The number of Topliss-reactive ketones (excluding diaryl/α,β-unsaturated/α-hetero) is 1. The van der Waals surface area contributed by atoms with Crippen molar-refractivity contribution in [1.29, 1.82) is 0 Å². The second-order valence-corrected chi connectivity index (χ2v) is 9.99. The van der Waals surface area contributed by atoms with Gasteiger partial charge in [0.05, 0.1) is 7.11 Å². The number of nitrogens with zero attached hydrogens (tertiary/aromatic N) is 2. The molecule has 0 bridgehead atoms. The van der Waals surface area contributed by atoms with Gasteiger partial charge in [0.15, 0.2) is 17.0 Å². The van der Waals surface area contributed by atoms with Crippen LogP contribution in [0, 0.1) is 11.8 Å². The second kappa shape index (κ2) is 9.01. The molecule has 4 aromatic rings. The molecule has 1 aromatic heterocycles. The molecule has 3 unspecified atom stereocenters. The van der Waals surface area contributed by atoms with E-state index in [9.17, 15) is 4.79 Å². The summed E-state index contributed by atoms with van der Waals surface area (Å²) in [6.45, 7) is 3.32. The summed E-state index contributed by atoms with van der Waals surface area (Å²) < 4.78 is 17.7. The molecule has 2 aliphatic carbocycles. The van der Waals surface area contributed by atoms with E-state index in [0.29, 0.717) is 25.0 Å². The van der Waals surface area contributed by atoms with Gasteiger partial charge in [-0.05, 0) is 73.7 Å². The average Bonchev–Trinajstić information content (AvgIpc) is 3.30. The van der Waals surface area contributed by atoms with Crippen molar-refractivity contribution in [3.8, 4) is 11.5 Å². The third-order valence-corrected chi connectivity index (χ3v) is 7.79. The SMILES string of the molecule is COc1ccc(CN(CCc2cccc(OC3(C)C(=O)C4CCC43)c2)c2nc3ccccc3o2)cc1. The summed E-state index contributed by atoms with van der Waals surface area (Å²) >= 11 is 0. The molecule has 2 saturated carbocycles. The van der Waals surface area contributed by atoms with E-state index in [-0.39, 0.29) is 11.7 Å². The van der Waals surface area contributed by atoms with E-state index >= 15 is 0 Å². The molecular formula is C30H30N2O4. The summed E-state index contributed by atoms with van der Waals surface area (Å²) in [5, 5.41) is 0. The predicted octanol–water partition coefficient (Wildman–Crippen LogP) is 5.83. The monoisotopic (exact) mass is 482 g/mol. The number of ketones is 1. The van der Waals surface area contributed by atoms with Crippen LogP contribution >= 0.6 is 0 Å². The second-order valence-electron chi connectivity index (χ2n) is 9.99. The number of rotatable bonds is 9. The quantitative estimate of drug-likeness (QED) is 0.299. The maximum Gasteiger partial charge on any atom is 0.298 e. The first-order chi connectivity index (χ1) is 17.5. The standard InChI is InChI=1S/C30H30N2O4/c1-30(25-15-14-24(25)28(30)33)36-23-7-5-6-20(18-23)16-17-32(19-21-10-12-22(34-2)13-11-21)29-31-26-8-3-4-9-27(26)35-29/h3-13,18,24-25H,14-17,19H2,1-2H3. The fourth-order valence-electron chi connectivity index (χ4n) is 5.52. The van der Waals surface area contributed by atoms with Crippen LogP contribution in [-0.4, -0.2) is 30.0 Å². The van der Waals surface area contributed by atoms with Gasteiger partial charge in [0, 0.05) is 24.9 Å². The molecule has 6 rings (SSSR count). The fourth-order valence-corrected chi connectivity index (χ4v) is 5.52. The molecule has 6 nitrogen and oxygen atoms in total. The Kier molecular flexibility index (Phi) is 5.67. The van der Waals surface area contributed by atoms with Gasteiger partial charge in [0.25, 0.3) is 6.01 Å². The van der Waals surface area contributed by atoms with E-state index in [2.05, 4.69) is 29.2 Å². The summed E-state index contributed by atoms with van der Waals surface area (Å²) in [6.07, 6.45) is 2.88. The first-order valence-corrected chi connectivity index (χ1v) is 12.6. The van der Waals surface area contributed by atoms with Gasteiger partial charge in [0.1, 0.15) is 17.0 Å². The van der Waals surface area contributed by atoms with Crippen molar-refractivity contribution >= 4 is 22.9 Å². The van der Waals surface area contributed by atoms with Crippen LogP contribution in [0.3, 0.4) is 0 Å². The first kappa shape index (κ1) is 22.7. The minimum absolute atomic E-state index is 0.223. The Morgan fingerprint density at radius 3 is 2.56 bits per heavy atom. The zero-order valence-corrected chi connectivity index (χ0v) is 20.6. The largest absolute Gasteiger partial charge is 0.497 e. The molecule has 0 radical (unpaired) electrons. The fraction of sp³-hybridized carbons (Fsp3) is 0.333. The summed E-state index contributed by atoms with van der Waals surface area (Å²) in [7, 11) is 1.67. The van der Waals surface area contributed by atoms with Crippen molar-refractivity contribution in [3.05, 3.63) is 83.9 Å². The minimum atomic E-state index is -0.667. The molecule has 184 valence electrons. The Labute approximate surface area is 210 Å². The van der Waals surface area contributed by atoms with Gasteiger partial charge in [0.2, 0.25) is 0 Å². The Morgan fingerprint density at radius 1 is 1.00 bits per heavy atom. The molecule has 36 heavy (non-hydrogen) atoms. The highest BCUT2D eigenvalue weighted by Gasteiger charge is 2.65. The average molecular weight is 483 g/mol. The maximum absolute atomic E-state index is 12.5. The van der Waals surface area contributed by atoms with Gasteiger partial charge >= 0.3 is 0 Å². The van der Waals surface area contributed by atoms with Crippen LogP contribution in [0.4, 0.5) is 6.01 Å². The lowest BCUT2D eigenvalue weighted by atomic mass is 9.50. The van der Waals surface area contributed by atoms with Crippen molar-refractivity contribution in [1.82, 2.24) is 4.98 Å². The number of fused-ring (bicyclic) bond motifs is 2. The van der Waals surface area contributed by atoms with E-state index in [4.69, 9.17) is 18.9 Å². The van der Waals surface area contributed by atoms with Gasteiger partial charge < -0.3 is 18.8 Å². The number of methoxy groups -OCH3 is 1. The Hall–Kier alpha value is -3.80. The van der Waals surface area contributed by atoms with Crippen molar-refractivity contribution < 1.29 is 18.7 Å². The van der Waals surface area contributed by atoms with E-state index in [1.807, 2.05) is 55.5 Å². The van der Waals surface area contributed by atoms with E-state index in [1.54, 1.807) is 7.11 Å². The molecule has 0 saturated heterocycles. The molecule has 1 heterocycles. The number of aromatic nitrogens is 1. The van der Waals surface area contributed by atoms with Crippen LogP contribution in [0.1, 0.15) is 30.9 Å².